The molecular formula is C19H22FNO2. The normalized spacial score (nSPS) is 11.8. The van der Waals surface area contributed by atoms with Gasteiger partial charge in [-0.05, 0) is 43.5 Å². The van der Waals surface area contributed by atoms with Crippen molar-refractivity contribution in [2.24, 2.45) is 0 Å². The van der Waals surface area contributed by atoms with Crippen molar-refractivity contribution in [1.29, 1.82) is 0 Å². The SMILES string of the molecule is CCC(NC(=O)COc1ccccc1F)c1ccc(C)cc1C. The molecule has 0 aliphatic heterocycles. The molecule has 0 spiro atoms. The van der Waals surface area contributed by atoms with Gasteiger partial charge in [0.1, 0.15) is 0 Å². The van der Waals surface area contributed by atoms with Crippen molar-refractivity contribution < 1.29 is 13.9 Å². The van der Waals surface area contributed by atoms with Gasteiger partial charge in [0.05, 0.1) is 6.04 Å². The van der Waals surface area contributed by atoms with Gasteiger partial charge in [-0.1, -0.05) is 42.8 Å². The number of ether oxygens (including phenoxy) is 1. The van der Waals surface area contributed by atoms with Gasteiger partial charge in [0.2, 0.25) is 0 Å². The number of amides is 1. The molecule has 0 bridgehead atoms. The highest BCUT2D eigenvalue weighted by Gasteiger charge is 2.15. The number of hydrogen-bond donors (Lipinski definition) is 1. The van der Waals surface area contributed by atoms with Gasteiger partial charge in [-0.2, -0.15) is 0 Å². The van der Waals surface area contributed by atoms with Crippen LogP contribution in [0, 0.1) is 19.7 Å². The number of halogens is 1. The molecule has 0 fully saturated rings. The number of nitrogens with one attached hydrogen (secondary N) is 1. The van der Waals surface area contributed by atoms with E-state index in [4.69, 9.17) is 4.74 Å². The molecule has 4 heteroatoms. The third-order valence-electron chi connectivity index (χ3n) is 3.74. The van der Waals surface area contributed by atoms with Gasteiger partial charge in [0, 0.05) is 0 Å². The van der Waals surface area contributed by atoms with E-state index in [0.717, 1.165) is 17.5 Å². The summed E-state index contributed by atoms with van der Waals surface area (Å²) in [5, 5.41) is 2.95. The van der Waals surface area contributed by atoms with E-state index in [0.29, 0.717) is 0 Å². The molecule has 1 amide bonds. The first-order chi connectivity index (χ1) is 11.0. The van der Waals surface area contributed by atoms with Crippen LogP contribution in [0.1, 0.15) is 36.1 Å². The second-order valence-corrected chi connectivity index (χ2v) is 5.61. The van der Waals surface area contributed by atoms with Crippen LogP contribution in [0.15, 0.2) is 42.5 Å². The minimum absolute atomic E-state index is 0.0766. The summed E-state index contributed by atoms with van der Waals surface area (Å²) in [6, 6.07) is 12.1. The quantitative estimate of drug-likeness (QED) is 0.872. The molecule has 2 aromatic carbocycles. The van der Waals surface area contributed by atoms with E-state index in [9.17, 15) is 9.18 Å². The van der Waals surface area contributed by atoms with Crippen LogP contribution in [0.25, 0.3) is 0 Å². The molecule has 0 heterocycles. The van der Waals surface area contributed by atoms with Crippen LogP contribution >= 0.6 is 0 Å². The van der Waals surface area contributed by atoms with Crippen molar-refractivity contribution in [3.05, 3.63) is 65.0 Å². The number of hydrogen-bond acceptors (Lipinski definition) is 2. The Balaban J connectivity index is 1.98. The van der Waals surface area contributed by atoms with Gasteiger partial charge in [0.25, 0.3) is 5.91 Å². The lowest BCUT2D eigenvalue weighted by atomic mass is 9.97. The molecule has 1 unspecified atom stereocenters. The van der Waals surface area contributed by atoms with Gasteiger partial charge in [0.15, 0.2) is 18.2 Å². The average molecular weight is 315 g/mol. The predicted octanol–water partition coefficient (Wildman–Crippen LogP) is 4.09. The first-order valence-electron chi connectivity index (χ1n) is 7.75. The Morgan fingerprint density at radius 1 is 1.22 bits per heavy atom. The maximum Gasteiger partial charge on any atom is 0.258 e. The second-order valence-electron chi connectivity index (χ2n) is 5.61. The minimum atomic E-state index is -0.471. The van der Waals surface area contributed by atoms with Crippen LogP contribution in [-0.4, -0.2) is 12.5 Å². The highest BCUT2D eigenvalue weighted by Crippen LogP contribution is 2.22. The molecule has 2 aromatic rings. The molecule has 2 rings (SSSR count). The molecule has 0 aliphatic carbocycles. The molecule has 0 saturated carbocycles. The van der Waals surface area contributed by atoms with E-state index in [1.54, 1.807) is 12.1 Å². The summed E-state index contributed by atoms with van der Waals surface area (Å²) in [6.07, 6.45) is 0.773. The van der Waals surface area contributed by atoms with Crippen molar-refractivity contribution in [2.45, 2.75) is 33.2 Å². The highest BCUT2D eigenvalue weighted by atomic mass is 19.1. The minimum Gasteiger partial charge on any atom is -0.481 e. The largest absolute Gasteiger partial charge is 0.481 e. The Morgan fingerprint density at radius 3 is 2.61 bits per heavy atom. The fraction of sp³-hybridized carbons (Fsp3) is 0.316. The maximum absolute atomic E-state index is 13.5. The summed E-state index contributed by atoms with van der Waals surface area (Å²) in [7, 11) is 0. The third kappa shape index (κ3) is 4.55. The Morgan fingerprint density at radius 2 is 1.96 bits per heavy atom. The van der Waals surface area contributed by atoms with E-state index in [-0.39, 0.29) is 24.3 Å². The van der Waals surface area contributed by atoms with E-state index in [2.05, 4.69) is 11.4 Å². The standard InChI is InChI=1S/C19H22FNO2/c1-4-17(15-10-9-13(2)11-14(15)3)21-19(22)12-23-18-8-6-5-7-16(18)20/h5-11,17H,4,12H2,1-3H3,(H,21,22). The predicted molar refractivity (Wildman–Crippen MR) is 89.0 cm³/mol. The summed E-state index contributed by atoms with van der Waals surface area (Å²) in [4.78, 5) is 12.1. The molecule has 1 atom stereocenters. The van der Waals surface area contributed by atoms with Crippen LogP contribution in [0.4, 0.5) is 4.39 Å². The van der Waals surface area contributed by atoms with Crippen LogP contribution in [0.5, 0.6) is 5.75 Å². The molecule has 0 saturated heterocycles. The van der Waals surface area contributed by atoms with Crippen LogP contribution < -0.4 is 10.1 Å². The van der Waals surface area contributed by atoms with E-state index >= 15 is 0 Å². The summed E-state index contributed by atoms with van der Waals surface area (Å²) in [5.41, 5.74) is 3.43. The zero-order valence-electron chi connectivity index (χ0n) is 13.7. The zero-order chi connectivity index (χ0) is 16.8. The first-order valence-corrected chi connectivity index (χ1v) is 7.75. The number of para-hydroxylation sites is 1. The Bertz CT molecular complexity index is 685. The molecule has 0 aromatic heterocycles. The molecule has 1 N–H and O–H groups in total. The first kappa shape index (κ1) is 17.0. The molecule has 0 aliphatic rings. The number of aryl methyl sites for hydroxylation is 2. The topological polar surface area (TPSA) is 38.3 Å². The Kier molecular flexibility index (Phi) is 5.74. The molecular weight excluding hydrogens is 293 g/mol. The lowest BCUT2D eigenvalue weighted by molar-refractivity contribution is -0.123. The number of carbonyl (C=O) groups excluding carboxylic acids is 1. The average Bonchev–Trinajstić information content (AvgIpc) is 2.52. The fourth-order valence-corrected chi connectivity index (χ4v) is 2.56. The third-order valence-corrected chi connectivity index (χ3v) is 3.74. The highest BCUT2D eigenvalue weighted by molar-refractivity contribution is 5.78. The van der Waals surface area contributed by atoms with E-state index in [1.807, 2.05) is 32.9 Å². The molecule has 122 valence electrons. The van der Waals surface area contributed by atoms with Gasteiger partial charge in [-0.25, -0.2) is 4.39 Å². The zero-order valence-corrected chi connectivity index (χ0v) is 13.7. The molecule has 0 radical (unpaired) electrons. The van der Waals surface area contributed by atoms with Gasteiger partial charge < -0.3 is 10.1 Å². The monoisotopic (exact) mass is 315 g/mol. The lowest BCUT2D eigenvalue weighted by Crippen LogP contribution is -2.32. The maximum atomic E-state index is 13.5. The van der Waals surface area contributed by atoms with Gasteiger partial charge >= 0.3 is 0 Å². The smallest absolute Gasteiger partial charge is 0.258 e. The Hall–Kier alpha value is -2.36. The van der Waals surface area contributed by atoms with Crippen LogP contribution in [-0.2, 0) is 4.79 Å². The molecule has 23 heavy (non-hydrogen) atoms. The van der Waals surface area contributed by atoms with Crippen LogP contribution in [0.2, 0.25) is 0 Å². The summed E-state index contributed by atoms with van der Waals surface area (Å²) < 4.78 is 18.7. The summed E-state index contributed by atoms with van der Waals surface area (Å²) in [6.45, 7) is 5.88. The van der Waals surface area contributed by atoms with Crippen molar-refractivity contribution in [1.82, 2.24) is 5.32 Å². The fourth-order valence-electron chi connectivity index (χ4n) is 2.56. The molecule has 3 nitrogen and oxygen atoms in total. The Labute approximate surface area is 136 Å². The van der Waals surface area contributed by atoms with Gasteiger partial charge in [-0.15, -0.1) is 0 Å². The number of rotatable bonds is 6. The van der Waals surface area contributed by atoms with E-state index < -0.39 is 5.82 Å². The van der Waals surface area contributed by atoms with Crippen molar-refractivity contribution in [2.75, 3.05) is 6.61 Å². The van der Waals surface area contributed by atoms with Crippen molar-refractivity contribution in [3.63, 3.8) is 0 Å². The van der Waals surface area contributed by atoms with Gasteiger partial charge in [-0.3, -0.25) is 4.79 Å². The van der Waals surface area contributed by atoms with Crippen molar-refractivity contribution >= 4 is 5.91 Å². The number of benzene rings is 2. The lowest BCUT2D eigenvalue weighted by Gasteiger charge is -2.20. The summed E-state index contributed by atoms with van der Waals surface area (Å²) in [5.74, 6) is -0.649. The van der Waals surface area contributed by atoms with Crippen LogP contribution in [0.3, 0.4) is 0 Å². The summed E-state index contributed by atoms with van der Waals surface area (Å²) >= 11 is 0. The van der Waals surface area contributed by atoms with Crippen molar-refractivity contribution in [3.8, 4) is 5.75 Å². The number of carbonyl (C=O) groups is 1. The van der Waals surface area contributed by atoms with E-state index in [1.165, 1.54) is 17.7 Å². The second kappa shape index (κ2) is 7.77.